The average molecular weight is 553 g/mol. The predicted octanol–water partition coefficient (Wildman–Crippen LogP) is 4.90. The van der Waals surface area contributed by atoms with Crippen LogP contribution < -0.4 is 10.1 Å². The Morgan fingerprint density at radius 2 is 1.74 bits per heavy atom. The van der Waals surface area contributed by atoms with Crippen LogP contribution in [0.4, 0.5) is 8.78 Å². The molecule has 4 rings (SSSR count). The van der Waals surface area contributed by atoms with Crippen LogP contribution in [0.15, 0.2) is 73.1 Å². The van der Waals surface area contributed by atoms with E-state index in [2.05, 4.69) is 20.3 Å². The zero-order valence-corrected chi connectivity index (χ0v) is 21.8. The number of ether oxygens (including phenoxy) is 1. The number of carboxylic acids is 1. The van der Waals surface area contributed by atoms with Gasteiger partial charge in [0.1, 0.15) is 30.1 Å². The van der Waals surface area contributed by atoms with E-state index in [1.807, 2.05) is 6.26 Å². The highest BCUT2D eigenvalue weighted by Crippen LogP contribution is 2.27. The van der Waals surface area contributed by atoms with E-state index in [0.717, 1.165) is 5.56 Å². The smallest absolute Gasteiger partial charge is 0.326 e. The average Bonchev–Trinajstić information content (AvgIpc) is 3.47. The number of hydrogen-bond donors (Lipinski definition) is 3. The van der Waals surface area contributed by atoms with Gasteiger partial charge < -0.3 is 20.1 Å². The van der Waals surface area contributed by atoms with Crippen molar-refractivity contribution >= 4 is 23.6 Å². The lowest BCUT2D eigenvalue weighted by Gasteiger charge is -2.18. The van der Waals surface area contributed by atoms with Crippen LogP contribution in [0.25, 0.3) is 11.3 Å². The number of nitrogens with one attached hydrogen (secondary N) is 2. The van der Waals surface area contributed by atoms with Gasteiger partial charge in [0.25, 0.3) is 5.91 Å². The minimum atomic E-state index is -1.14. The summed E-state index contributed by atoms with van der Waals surface area (Å²) in [6.45, 7) is 0.0936. The van der Waals surface area contributed by atoms with Gasteiger partial charge in [0.2, 0.25) is 5.88 Å². The monoisotopic (exact) mass is 552 g/mol. The zero-order chi connectivity index (χ0) is 27.8. The highest BCUT2D eigenvalue weighted by molar-refractivity contribution is 7.98. The number of thioether (sulfide) groups is 1. The molecule has 2 heterocycles. The maximum absolute atomic E-state index is 13.6. The molecule has 2 aromatic carbocycles. The van der Waals surface area contributed by atoms with Crippen LogP contribution in [-0.4, -0.2) is 56.6 Å². The van der Waals surface area contributed by atoms with Gasteiger partial charge in [0.15, 0.2) is 0 Å². The van der Waals surface area contributed by atoms with Crippen molar-refractivity contribution in [1.82, 2.24) is 20.3 Å². The van der Waals surface area contributed by atoms with Crippen molar-refractivity contribution in [2.45, 2.75) is 18.4 Å². The highest BCUT2D eigenvalue weighted by atomic mass is 32.2. The van der Waals surface area contributed by atoms with Crippen LogP contribution in [0, 0.1) is 11.6 Å². The molecule has 3 N–H and O–H groups in total. The number of halogens is 2. The van der Waals surface area contributed by atoms with E-state index in [-0.39, 0.29) is 41.9 Å². The molecule has 1 unspecified atom stereocenters. The van der Waals surface area contributed by atoms with Crippen LogP contribution in [0.3, 0.4) is 0 Å². The third-order valence-electron chi connectivity index (χ3n) is 5.97. The Morgan fingerprint density at radius 1 is 1.05 bits per heavy atom. The van der Waals surface area contributed by atoms with Gasteiger partial charge in [-0.05, 0) is 66.5 Å². The largest absolute Gasteiger partial charge is 0.480 e. The number of rotatable bonds is 12. The summed E-state index contributed by atoms with van der Waals surface area (Å²) in [6, 6.07) is 13.4. The molecule has 202 valence electrons. The second kappa shape index (κ2) is 13.0. The number of aliphatic carboxylic acids is 1. The van der Waals surface area contributed by atoms with Crippen LogP contribution in [0.2, 0.25) is 0 Å². The van der Waals surface area contributed by atoms with E-state index in [9.17, 15) is 23.5 Å². The molecule has 0 spiro atoms. The van der Waals surface area contributed by atoms with E-state index in [1.165, 1.54) is 60.3 Å². The second-order valence-corrected chi connectivity index (χ2v) is 9.57. The molecular weight excluding hydrogens is 526 g/mol. The van der Waals surface area contributed by atoms with Gasteiger partial charge in [-0.3, -0.25) is 4.79 Å². The Hall–Kier alpha value is -4.25. The molecule has 0 aliphatic rings. The van der Waals surface area contributed by atoms with Gasteiger partial charge in [0, 0.05) is 24.0 Å². The van der Waals surface area contributed by atoms with Crippen molar-refractivity contribution < 1.29 is 28.2 Å². The number of aromatic amines is 1. The number of aromatic nitrogens is 3. The number of benzene rings is 2. The molecule has 39 heavy (non-hydrogen) atoms. The van der Waals surface area contributed by atoms with E-state index in [4.69, 9.17) is 4.74 Å². The van der Waals surface area contributed by atoms with Crippen LogP contribution in [-0.2, 0) is 4.79 Å². The molecule has 2 atom stereocenters. The van der Waals surface area contributed by atoms with Gasteiger partial charge in [-0.1, -0.05) is 12.1 Å². The number of nitrogens with zero attached hydrogens (tertiary/aromatic N) is 2. The van der Waals surface area contributed by atoms with Crippen molar-refractivity contribution in [2.75, 3.05) is 18.6 Å². The van der Waals surface area contributed by atoms with Gasteiger partial charge in [-0.25, -0.2) is 23.5 Å². The number of amides is 1. The summed E-state index contributed by atoms with van der Waals surface area (Å²) in [5.74, 6) is -1.61. The molecule has 0 saturated carbocycles. The molecule has 0 aliphatic carbocycles. The zero-order valence-electron chi connectivity index (χ0n) is 20.9. The summed E-state index contributed by atoms with van der Waals surface area (Å²) in [6.07, 6.45) is 5.38. The fraction of sp³-hybridized carbons (Fsp3) is 0.214. The van der Waals surface area contributed by atoms with Crippen LogP contribution >= 0.6 is 11.8 Å². The molecule has 0 bridgehead atoms. The lowest BCUT2D eigenvalue weighted by Crippen LogP contribution is -2.41. The topological polar surface area (TPSA) is 117 Å². The first kappa shape index (κ1) is 27.8. The molecule has 8 nitrogen and oxygen atoms in total. The molecule has 2 aromatic heterocycles. The standard InChI is InChI=1S/C28H26F2N4O4S/c1-39-15-12-23(28(36)37)33-27(35)21-10-11-24(34-25(21)18-4-8-20(30)9-5-18)38-16-22(26-31-13-14-32-26)17-2-6-19(29)7-3-17/h2-11,13-14,22-23H,12,15-16H2,1H3,(H,31,32)(H,33,35)(H,36,37)/t22?,23-/m0/s1. The number of pyridine rings is 1. The minimum Gasteiger partial charge on any atom is -0.480 e. The molecule has 0 saturated heterocycles. The Labute approximate surface area is 227 Å². The SMILES string of the molecule is CSCC[C@H](NC(=O)c1ccc(OCC(c2ccc(F)cc2)c2ncc[nH]2)nc1-c1ccc(F)cc1)C(=O)O. The lowest BCUT2D eigenvalue weighted by atomic mass is 9.99. The molecule has 0 aliphatic heterocycles. The Kier molecular flexibility index (Phi) is 9.27. The Morgan fingerprint density at radius 3 is 2.36 bits per heavy atom. The molecular formula is C28H26F2N4O4S. The quantitative estimate of drug-likeness (QED) is 0.229. The van der Waals surface area contributed by atoms with Crippen molar-refractivity contribution in [3.8, 4) is 17.1 Å². The number of H-pyrrole nitrogens is 1. The van der Waals surface area contributed by atoms with Crippen LogP contribution in [0.1, 0.15) is 34.1 Å². The van der Waals surface area contributed by atoms with Crippen molar-refractivity contribution in [2.24, 2.45) is 0 Å². The summed E-state index contributed by atoms with van der Waals surface area (Å²) in [5, 5.41) is 12.1. The molecule has 0 fully saturated rings. The number of imidazole rings is 1. The van der Waals surface area contributed by atoms with Gasteiger partial charge in [-0.2, -0.15) is 11.8 Å². The fourth-order valence-corrected chi connectivity index (χ4v) is 4.40. The van der Waals surface area contributed by atoms with Crippen molar-refractivity contribution in [3.05, 3.63) is 102 Å². The molecule has 1 amide bonds. The normalized spacial score (nSPS) is 12.5. The predicted molar refractivity (Wildman–Crippen MR) is 144 cm³/mol. The lowest BCUT2D eigenvalue weighted by molar-refractivity contribution is -0.139. The van der Waals surface area contributed by atoms with E-state index in [0.29, 0.717) is 17.1 Å². The summed E-state index contributed by atoms with van der Waals surface area (Å²) < 4.78 is 33.1. The van der Waals surface area contributed by atoms with E-state index < -0.39 is 23.7 Å². The molecule has 4 aromatic rings. The first-order valence-electron chi connectivity index (χ1n) is 12.0. The third-order valence-corrected chi connectivity index (χ3v) is 6.61. The maximum Gasteiger partial charge on any atom is 0.326 e. The number of carbonyl (C=O) groups is 2. The minimum absolute atomic E-state index is 0.0936. The Bertz CT molecular complexity index is 1400. The first-order chi connectivity index (χ1) is 18.9. The van der Waals surface area contributed by atoms with E-state index >= 15 is 0 Å². The first-order valence-corrected chi connectivity index (χ1v) is 13.4. The van der Waals surface area contributed by atoms with Gasteiger partial charge >= 0.3 is 5.97 Å². The van der Waals surface area contributed by atoms with Crippen molar-refractivity contribution in [1.29, 1.82) is 0 Å². The van der Waals surface area contributed by atoms with Crippen molar-refractivity contribution in [3.63, 3.8) is 0 Å². The fourth-order valence-electron chi connectivity index (χ4n) is 3.93. The summed E-state index contributed by atoms with van der Waals surface area (Å²) in [7, 11) is 0. The summed E-state index contributed by atoms with van der Waals surface area (Å²) >= 11 is 1.47. The summed E-state index contributed by atoms with van der Waals surface area (Å²) in [5.41, 5.74) is 1.54. The van der Waals surface area contributed by atoms with Gasteiger partial charge in [0.05, 0.1) is 17.2 Å². The second-order valence-electron chi connectivity index (χ2n) is 8.59. The molecule has 0 radical (unpaired) electrons. The third kappa shape index (κ3) is 7.20. The highest BCUT2D eigenvalue weighted by Gasteiger charge is 2.24. The maximum atomic E-state index is 13.6. The molecule has 11 heteroatoms. The number of hydrogen-bond acceptors (Lipinski definition) is 6. The van der Waals surface area contributed by atoms with E-state index in [1.54, 1.807) is 24.5 Å². The summed E-state index contributed by atoms with van der Waals surface area (Å²) in [4.78, 5) is 36.7. The number of carbonyl (C=O) groups excluding carboxylic acids is 1. The van der Waals surface area contributed by atoms with Gasteiger partial charge in [-0.15, -0.1) is 0 Å². The Balaban J connectivity index is 1.63. The number of carboxylic acid groups (broad SMARTS) is 1. The van der Waals surface area contributed by atoms with Crippen LogP contribution in [0.5, 0.6) is 5.88 Å².